The summed E-state index contributed by atoms with van der Waals surface area (Å²) in [6, 6.07) is 0. The molecule has 15 heavy (non-hydrogen) atoms. The zero-order chi connectivity index (χ0) is 10.7. The second-order valence-electron chi connectivity index (χ2n) is 5.82. The molecule has 2 heteroatoms. The van der Waals surface area contributed by atoms with E-state index in [1.165, 1.54) is 32.1 Å². The maximum atomic E-state index is 10.3. The van der Waals surface area contributed by atoms with Gasteiger partial charge in [0.05, 0.1) is 5.60 Å². The molecule has 0 saturated heterocycles. The van der Waals surface area contributed by atoms with Gasteiger partial charge >= 0.3 is 0 Å². The van der Waals surface area contributed by atoms with Gasteiger partial charge in [-0.25, -0.2) is 0 Å². The summed E-state index contributed by atoms with van der Waals surface area (Å²) in [6.45, 7) is 4.20. The van der Waals surface area contributed by atoms with Crippen molar-refractivity contribution in [1.29, 1.82) is 0 Å². The van der Waals surface area contributed by atoms with Gasteiger partial charge in [-0.15, -0.1) is 0 Å². The van der Waals surface area contributed by atoms with Gasteiger partial charge in [0.15, 0.2) is 0 Å². The summed E-state index contributed by atoms with van der Waals surface area (Å²) in [5.74, 6) is 1.82. The van der Waals surface area contributed by atoms with Gasteiger partial charge in [-0.1, -0.05) is 19.8 Å². The monoisotopic (exact) mass is 211 g/mol. The highest BCUT2D eigenvalue weighted by atomic mass is 16.3. The van der Waals surface area contributed by atoms with Gasteiger partial charge in [0, 0.05) is 6.54 Å². The van der Waals surface area contributed by atoms with Crippen LogP contribution in [0.15, 0.2) is 0 Å². The van der Waals surface area contributed by atoms with Crippen molar-refractivity contribution in [2.45, 2.75) is 57.5 Å². The molecule has 0 aromatic rings. The molecule has 2 rings (SSSR count). The third kappa shape index (κ3) is 3.76. The van der Waals surface area contributed by atoms with Gasteiger partial charge in [-0.05, 0) is 50.5 Å². The van der Waals surface area contributed by atoms with Crippen molar-refractivity contribution < 1.29 is 5.11 Å². The Balaban J connectivity index is 1.59. The Morgan fingerprint density at radius 1 is 1.20 bits per heavy atom. The highest BCUT2D eigenvalue weighted by Crippen LogP contribution is 2.33. The quantitative estimate of drug-likeness (QED) is 0.684. The molecule has 0 spiro atoms. The predicted molar refractivity (Wildman–Crippen MR) is 62.8 cm³/mol. The molecule has 0 bridgehead atoms. The molecule has 0 radical (unpaired) electrons. The molecular weight excluding hydrogens is 186 g/mol. The van der Waals surface area contributed by atoms with E-state index in [4.69, 9.17) is 0 Å². The fraction of sp³-hybridized carbons (Fsp3) is 1.00. The molecule has 0 amide bonds. The van der Waals surface area contributed by atoms with Crippen molar-refractivity contribution in [3.05, 3.63) is 0 Å². The van der Waals surface area contributed by atoms with E-state index in [2.05, 4.69) is 12.2 Å². The van der Waals surface area contributed by atoms with Gasteiger partial charge in [0.1, 0.15) is 0 Å². The van der Waals surface area contributed by atoms with Gasteiger partial charge in [0.2, 0.25) is 0 Å². The van der Waals surface area contributed by atoms with Crippen LogP contribution in [0.1, 0.15) is 51.9 Å². The maximum absolute atomic E-state index is 10.3. The molecule has 2 fully saturated rings. The van der Waals surface area contributed by atoms with Gasteiger partial charge in [-0.3, -0.25) is 0 Å². The largest absolute Gasteiger partial charge is 0.389 e. The molecule has 2 N–H and O–H groups in total. The smallest absolute Gasteiger partial charge is 0.0771 e. The van der Waals surface area contributed by atoms with Crippen LogP contribution in [-0.2, 0) is 0 Å². The third-order valence-electron chi connectivity index (χ3n) is 4.09. The lowest BCUT2D eigenvalue weighted by molar-refractivity contribution is -0.00599. The van der Waals surface area contributed by atoms with Crippen LogP contribution in [0.3, 0.4) is 0 Å². The molecule has 2 saturated carbocycles. The first-order valence-electron chi connectivity index (χ1n) is 6.61. The van der Waals surface area contributed by atoms with Gasteiger partial charge in [-0.2, -0.15) is 0 Å². The fourth-order valence-corrected chi connectivity index (χ4v) is 2.51. The first kappa shape index (κ1) is 11.4. The van der Waals surface area contributed by atoms with Crippen molar-refractivity contribution in [2.24, 2.45) is 11.8 Å². The number of rotatable bonds is 5. The standard InChI is InChI=1S/C13H25NO/c1-11-4-7-13(15,8-5-11)10-14-9-6-12-2-3-12/h11-12,14-15H,2-10H2,1H3. The van der Waals surface area contributed by atoms with Gasteiger partial charge < -0.3 is 10.4 Å². The summed E-state index contributed by atoms with van der Waals surface area (Å²) in [5, 5.41) is 13.7. The third-order valence-corrected chi connectivity index (χ3v) is 4.09. The van der Waals surface area contributed by atoms with Crippen LogP contribution in [0.4, 0.5) is 0 Å². The Bertz CT molecular complexity index is 193. The molecule has 0 aliphatic heterocycles. The lowest BCUT2D eigenvalue weighted by atomic mass is 9.79. The van der Waals surface area contributed by atoms with Crippen LogP contribution in [0, 0.1) is 11.8 Å². The normalized spacial score (nSPS) is 36.8. The number of hydrogen-bond donors (Lipinski definition) is 2. The Hall–Kier alpha value is -0.0800. The Labute approximate surface area is 93.5 Å². The first-order chi connectivity index (χ1) is 7.18. The first-order valence-corrected chi connectivity index (χ1v) is 6.61. The second-order valence-corrected chi connectivity index (χ2v) is 5.82. The molecule has 0 unspecified atom stereocenters. The average molecular weight is 211 g/mol. The van der Waals surface area contributed by atoms with Crippen LogP contribution >= 0.6 is 0 Å². The van der Waals surface area contributed by atoms with Crippen LogP contribution in [0.25, 0.3) is 0 Å². The molecule has 2 aliphatic rings. The van der Waals surface area contributed by atoms with Crippen LogP contribution < -0.4 is 5.32 Å². The minimum Gasteiger partial charge on any atom is -0.389 e. The van der Waals surface area contributed by atoms with Crippen molar-refractivity contribution in [2.75, 3.05) is 13.1 Å². The lowest BCUT2D eigenvalue weighted by Crippen LogP contribution is -2.43. The molecule has 2 aliphatic carbocycles. The highest BCUT2D eigenvalue weighted by molar-refractivity contribution is 4.86. The topological polar surface area (TPSA) is 32.3 Å². The SMILES string of the molecule is CC1CCC(O)(CNCCC2CC2)CC1. The molecule has 0 aromatic carbocycles. The average Bonchev–Trinajstić information content (AvgIpc) is 3.02. The van der Waals surface area contributed by atoms with E-state index in [0.717, 1.165) is 37.8 Å². The molecular formula is C13H25NO. The van der Waals surface area contributed by atoms with Crippen molar-refractivity contribution >= 4 is 0 Å². The van der Waals surface area contributed by atoms with Crippen LogP contribution in [-0.4, -0.2) is 23.8 Å². The van der Waals surface area contributed by atoms with E-state index in [-0.39, 0.29) is 0 Å². The van der Waals surface area contributed by atoms with Crippen molar-refractivity contribution in [1.82, 2.24) is 5.32 Å². The molecule has 88 valence electrons. The zero-order valence-corrected chi connectivity index (χ0v) is 9.97. The molecule has 0 heterocycles. The molecule has 0 atom stereocenters. The highest BCUT2D eigenvalue weighted by Gasteiger charge is 2.31. The van der Waals surface area contributed by atoms with E-state index in [1.54, 1.807) is 0 Å². The minimum atomic E-state index is -0.393. The Morgan fingerprint density at radius 2 is 1.87 bits per heavy atom. The van der Waals surface area contributed by atoms with E-state index in [1.807, 2.05) is 0 Å². The Kier molecular flexibility index (Phi) is 3.68. The van der Waals surface area contributed by atoms with E-state index >= 15 is 0 Å². The zero-order valence-electron chi connectivity index (χ0n) is 9.97. The second kappa shape index (κ2) is 4.84. The summed E-state index contributed by atoms with van der Waals surface area (Å²) in [6.07, 6.45) is 8.55. The van der Waals surface area contributed by atoms with E-state index in [0.29, 0.717) is 0 Å². The fourth-order valence-electron chi connectivity index (χ4n) is 2.51. The number of hydrogen-bond acceptors (Lipinski definition) is 2. The molecule has 0 aromatic heterocycles. The maximum Gasteiger partial charge on any atom is 0.0771 e. The minimum absolute atomic E-state index is 0.393. The number of nitrogens with one attached hydrogen (secondary N) is 1. The summed E-state index contributed by atoms with van der Waals surface area (Å²) < 4.78 is 0. The summed E-state index contributed by atoms with van der Waals surface area (Å²) in [7, 11) is 0. The van der Waals surface area contributed by atoms with E-state index in [9.17, 15) is 5.11 Å². The summed E-state index contributed by atoms with van der Waals surface area (Å²) in [4.78, 5) is 0. The van der Waals surface area contributed by atoms with Gasteiger partial charge in [0.25, 0.3) is 0 Å². The van der Waals surface area contributed by atoms with E-state index < -0.39 is 5.60 Å². The van der Waals surface area contributed by atoms with Crippen molar-refractivity contribution in [3.8, 4) is 0 Å². The Morgan fingerprint density at radius 3 is 2.47 bits per heavy atom. The number of aliphatic hydroxyl groups is 1. The molecule has 2 nitrogen and oxygen atoms in total. The lowest BCUT2D eigenvalue weighted by Gasteiger charge is -2.35. The summed E-state index contributed by atoms with van der Waals surface area (Å²) in [5.41, 5.74) is -0.393. The predicted octanol–water partition coefficient (Wildman–Crippen LogP) is 2.32. The van der Waals surface area contributed by atoms with Crippen LogP contribution in [0.5, 0.6) is 0 Å². The van der Waals surface area contributed by atoms with Crippen molar-refractivity contribution in [3.63, 3.8) is 0 Å². The van der Waals surface area contributed by atoms with Crippen LogP contribution in [0.2, 0.25) is 0 Å². The summed E-state index contributed by atoms with van der Waals surface area (Å²) >= 11 is 0.